The van der Waals surface area contributed by atoms with Gasteiger partial charge in [0.1, 0.15) is 6.33 Å². The van der Waals surface area contributed by atoms with Gasteiger partial charge in [0.25, 0.3) is 0 Å². The normalized spacial score (nSPS) is 20.1. The molecule has 0 fully saturated rings. The van der Waals surface area contributed by atoms with Crippen LogP contribution in [0.25, 0.3) is 11.1 Å². The van der Waals surface area contributed by atoms with Gasteiger partial charge in [-0.1, -0.05) is 30.0 Å². The molecule has 4 rings (SSSR count). The van der Waals surface area contributed by atoms with Gasteiger partial charge in [-0.05, 0) is 23.6 Å². The van der Waals surface area contributed by atoms with Crippen molar-refractivity contribution in [3.05, 3.63) is 72.8 Å². The van der Waals surface area contributed by atoms with Crippen molar-refractivity contribution in [2.75, 3.05) is 0 Å². The predicted molar refractivity (Wildman–Crippen MR) is 98.8 cm³/mol. The minimum Gasteiger partial charge on any atom is -0.379 e. The van der Waals surface area contributed by atoms with E-state index in [2.05, 4.69) is 37.1 Å². The number of aromatic nitrogens is 4. The van der Waals surface area contributed by atoms with Crippen LogP contribution < -0.4 is 5.73 Å². The molecule has 0 unspecified atom stereocenters. The molecule has 0 saturated heterocycles. The smallest absolute Gasteiger partial charge is 0.155 e. The lowest BCUT2D eigenvalue weighted by molar-refractivity contribution is 0.630. The van der Waals surface area contributed by atoms with Crippen molar-refractivity contribution in [3.63, 3.8) is 0 Å². The summed E-state index contributed by atoms with van der Waals surface area (Å²) in [5.41, 5.74) is 10.2. The first-order valence-corrected chi connectivity index (χ1v) is 8.79. The van der Waals surface area contributed by atoms with Crippen LogP contribution in [-0.4, -0.2) is 25.1 Å². The Kier molecular flexibility index (Phi) is 4.39. The summed E-state index contributed by atoms with van der Waals surface area (Å²) in [7, 11) is 0. The molecule has 1 aliphatic heterocycles. The van der Waals surface area contributed by atoms with Crippen molar-refractivity contribution in [2.24, 2.45) is 10.7 Å². The van der Waals surface area contributed by atoms with Crippen LogP contribution in [0.4, 0.5) is 0 Å². The summed E-state index contributed by atoms with van der Waals surface area (Å²) in [6, 6.07) is 8.29. The van der Waals surface area contributed by atoms with Crippen molar-refractivity contribution in [2.45, 2.75) is 17.7 Å². The molecule has 0 amide bonds. The van der Waals surface area contributed by atoms with E-state index in [1.165, 1.54) is 6.33 Å². The molecule has 124 valence electrons. The molecule has 7 heteroatoms. The first kappa shape index (κ1) is 15.7. The highest BCUT2D eigenvalue weighted by molar-refractivity contribution is 8.14. The molecule has 2 atom stereocenters. The fourth-order valence-electron chi connectivity index (χ4n) is 2.88. The number of aliphatic imine (C=N–C) groups is 1. The molecule has 2 aromatic heterocycles. The fourth-order valence-corrected chi connectivity index (χ4v) is 3.88. The number of hydrogen-bond acceptors (Lipinski definition) is 7. The Hall–Kier alpha value is -2.80. The molecule has 0 radical (unpaired) electrons. The number of nitrogens with zero attached hydrogens (tertiary/aromatic N) is 5. The highest BCUT2D eigenvalue weighted by Crippen LogP contribution is 2.42. The van der Waals surface area contributed by atoms with Crippen LogP contribution in [0.1, 0.15) is 29.0 Å². The molecule has 25 heavy (non-hydrogen) atoms. The lowest BCUT2D eigenvalue weighted by Gasteiger charge is -2.25. The van der Waals surface area contributed by atoms with Crippen LogP contribution in [0.2, 0.25) is 0 Å². The lowest BCUT2D eigenvalue weighted by atomic mass is 9.97. The van der Waals surface area contributed by atoms with Gasteiger partial charge < -0.3 is 5.73 Å². The van der Waals surface area contributed by atoms with Crippen molar-refractivity contribution < 1.29 is 0 Å². The van der Waals surface area contributed by atoms with Crippen molar-refractivity contribution in [1.82, 2.24) is 19.9 Å². The van der Waals surface area contributed by atoms with E-state index in [9.17, 15) is 0 Å². The third kappa shape index (κ3) is 3.51. The summed E-state index contributed by atoms with van der Waals surface area (Å²) in [5, 5.41) is 0.736. The van der Waals surface area contributed by atoms with Crippen LogP contribution in [0.15, 0.2) is 66.6 Å². The first-order valence-electron chi connectivity index (χ1n) is 7.91. The van der Waals surface area contributed by atoms with Gasteiger partial charge in [0.2, 0.25) is 0 Å². The summed E-state index contributed by atoms with van der Waals surface area (Å²) in [6.45, 7) is 0. The molecule has 3 aromatic rings. The topological polar surface area (TPSA) is 89.9 Å². The van der Waals surface area contributed by atoms with Gasteiger partial charge in [-0.25, -0.2) is 9.97 Å². The van der Waals surface area contributed by atoms with Gasteiger partial charge in [0.15, 0.2) is 5.17 Å². The largest absolute Gasteiger partial charge is 0.379 e. The minimum absolute atomic E-state index is 0.00200. The van der Waals surface area contributed by atoms with Crippen LogP contribution in [0, 0.1) is 0 Å². The second kappa shape index (κ2) is 6.98. The number of hydrogen-bond donors (Lipinski definition) is 1. The number of benzene rings is 1. The molecule has 0 aliphatic carbocycles. The summed E-state index contributed by atoms with van der Waals surface area (Å²) >= 11 is 1.54. The highest BCUT2D eigenvalue weighted by Gasteiger charge is 2.27. The summed E-state index contributed by atoms with van der Waals surface area (Å²) in [5.74, 6) is 0. The molecule has 1 aliphatic rings. The maximum Gasteiger partial charge on any atom is 0.155 e. The van der Waals surface area contributed by atoms with E-state index in [0.717, 1.165) is 28.8 Å². The second-order valence-corrected chi connectivity index (χ2v) is 6.93. The summed E-state index contributed by atoms with van der Waals surface area (Å²) < 4.78 is 0. The third-order valence-corrected chi connectivity index (χ3v) is 5.13. The zero-order valence-corrected chi connectivity index (χ0v) is 14.2. The SMILES string of the molecule is NC1=N[C@H](c2cccc(-c3cncnc3)c2)C[C@@H](c2cnccn2)S1. The van der Waals surface area contributed by atoms with Gasteiger partial charge in [-0.2, -0.15) is 0 Å². The molecule has 0 saturated carbocycles. The third-order valence-electron chi connectivity index (χ3n) is 4.06. The van der Waals surface area contributed by atoms with Gasteiger partial charge in [-0.15, -0.1) is 0 Å². The van der Waals surface area contributed by atoms with Crippen molar-refractivity contribution >= 4 is 16.9 Å². The Balaban J connectivity index is 1.64. The quantitative estimate of drug-likeness (QED) is 0.782. The molecular formula is C18H16N6S. The molecule has 6 nitrogen and oxygen atoms in total. The van der Waals surface area contributed by atoms with Crippen LogP contribution in [-0.2, 0) is 0 Å². The van der Waals surface area contributed by atoms with Gasteiger partial charge in [-0.3, -0.25) is 15.0 Å². The minimum atomic E-state index is -0.00200. The van der Waals surface area contributed by atoms with Crippen LogP contribution >= 0.6 is 11.8 Å². The lowest BCUT2D eigenvalue weighted by Crippen LogP contribution is -2.19. The van der Waals surface area contributed by atoms with E-state index in [0.29, 0.717) is 5.17 Å². The van der Waals surface area contributed by atoms with Gasteiger partial charge >= 0.3 is 0 Å². The van der Waals surface area contributed by atoms with Gasteiger partial charge in [0.05, 0.1) is 17.0 Å². The van der Waals surface area contributed by atoms with Crippen molar-refractivity contribution in [1.29, 1.82) is 0 Å². The van der Waals surface area contributed by atoms with Gasteiger partial charge in [0, 0.05) is 36.5 Å². The molecule has 3 heterocycles. The van der Waals surface area contributed by atoms with E-state index in [1.54, 1.807) is 30.4 Å². The Morgan fingerprint density at radius 3 is 2.68 bits per heavy atom. The van der Waals surface area contributed by atoms with E-state index in [4.69, 9.17) is 5.73 Å². The summed E-state index contributed by atoms with van der Waals surface area (Å²) in [4.78, 5) is 21.4. The number of amidine groups is 1. The Morgan fingerprint density at radius 1 is 1.00 bits per heavy atom. The number of nitrogens with two attached hydrogens (primary N) is 1. The Labute approximate surface area is 149 Å². The average Bonchev–Trinajstić information content (AvgIpc) is 2.69. The molecule has 0 spiro atoms. The van der Waals surface area contributed by atoms with E-state index in [-0.39, 0.29) is 11.3 Å². The van der Waals surface area contributed by atoms with E-state index < -0.39 is 0 Å². The fraction of sp³-hybridized carbons (Fsp3) is 0.167. The van der Waals surface area contributed by atoms with Crippen molar-refractivity contribution in [3.8, 4) is 11.1 Å². The zero-order valence-electron chi connectivity index (χ0n) is 13.4. The monoisotopic (exact) mass is 348 g/mol. The second-order valence-electron chi connectivity index (χ2n) is 5.71. The maximum absolute atomic E-state index is 6.08. The molecular weight excluding hydrogens is 332 g/mol. The Morgan fingerprint density at radius 2 is 1.88 bits per heavy atom. The van der Waals surface area contributed by atoms with E-state index in [1.807, 2.05) is 24.5 Å². The first-order chi connectivity index (χ1) is 12.3. The highest BCUT2D eigenvalue weighted by atomic mass is 32.2. The molecule has 2 N–H and O–H groups in total. The zero-order chi connectivity index (χ0) is 17.1. The Bertz CT molecular complexity index is 884. The summed E-state index contributed by atoms with van der Waals surface area (Å²) in [6.07, 6.45) is 11.2. The van der Waals surface area contributed by atoms with Crippen LogP contribution in [0.3, 0.4) is 0 Å². The average molecular weight is 348 g/mol. The maximum atomic E-state index is 6.08. The standard InChI is InChI=1S/C18H16N6S/c19-18-24-15(7-17(25-18)16-10-20-4-5-23-16)13-3-1-2-12(6-13)14-8-21-11-22-9-14/h1-6,8-11,15,17H,7H2,(H2,19,24)/t15-,17-/m0/s1. The number of rotatable bonds is 3. The predicted octanol–water partition coefficient (Wildman–Crippen LogP) is 3.17. The van der Waals surface area contributed by atoms with Crippen LogP contribution in [0.5, 0.6) is 0 Å². The molecule has 1 aromatic carbocycles. The number of thioether (sulfide) groups is 1. The van der Waals surface area contributed by atoms with E-state index >= 15 is 0 Å². The molecule has 0 bridgehead atoms.